The van der Waals surface area contributed by atoms with E-state index in [1.165, 1.54) is 33.9 Å². The van der Waals surface area contributed by atoms with Crippen molar-refractivity contribution in [3.63, 3.8) is 0 Å². The number of benzene rings is 4. The second-order valence-electron chi connectivity index (χ2n) is 12.0. The molecule has 6 aromatic rings. The van der Waals surface area contributed by atoms with Gasteiger partial charge in [-0.15, -0.1) is 26.8 Å². The predicted molar refractivity (Wildman–Crippen MR) is 186 cm³/mol. The summed E-state index contributed by atoms with van der Waals surface area (Å²) in [6, 6.07) is 21.3. The van der Waals surface area contributed by atoms with Crippen LogP contribution in [0, 0.1) is 12.3 Å². The van der Waals surface area contributed by atoms with Gasteiger partial charge < -0.3 is 10.2 Å². The molecule has 4 aromatic carbocycles. The molecule has 0 saturated heterocycles. The topological polar surface area (TPSA) is 128 Å². The van der Waals surface area contributed by atoms with Gasteiger partial charge in [0.25, 0.3) is 0 Å². The molecular formula is C38H34F6N8O2. The van der Waals surface area contributed by atoms with Crippen LogP contribution in [0.1, 0.15) is 51.4 Å². The molecule has 0 radical (unpaired) electrons. The van der Waals surface area contributed by atoms with Gasteiger partial charge in [0.15, 0.2) is 0 Å². The Morgan fingerprint density at radius 1 is 0.611 bits per heavy atom. The lowest BCUT2D eigenvalue weighted by Crippen LogP contribution is -2.06. The smallest absolute Gasteiger partial charge is 0.394 e. The number of rotatable bonds is 11. The van der Waals surface area contributed by atoms with Crippen molar-refractivity contribution < 1.29 is 36.6 Å². The zero-order valence-corrected chi connectivity index (χ0v) is 28.8. The number of hydrogen-bond acceptors (Lipinski definition) is 8. The quantitative estimate of drug-likeness (QED) is 0.115. The first-order chi connectivity index (χ1) is 25.8. The van der Waals surface area contributed by atoms with Crippen molar-refractivity contribution in [3.05, 3.63) is 129 Å². The van der Waals surface area contributed by atoms with Gasteiger partial charge in [-0.3, -0.25) is 0 Å². The summed E-state index contributed by atoms with van der Waals surface area (Å²) in [5, 5.41) is 42.3. The van der Waals surface area contributed by atoms with E-state index in [4.69, 9.17) is 16.6 Å². The van der Waals surface area contributed by atoms with Crippen molar-refractivity contribution in [2.75, 3.05) is 13.2 Å². The Labute approximate surface area is 306 Å². The van der Waals surface area contributed by atoms with Gasteiger partial charge >= 0.3 is 12.4 Å². The summed E-state index contributed by atoms with van der Waals surface area (Å²) >= 11 is 0. The molecule has 0 saturated carbocycles. The van der Waals surface area contributed by atoms with Crippen LogP contribution in [-0.4, -0.2) is 63.8 Å². The SMILES string of the molecule is C#Cc1ccc(Cc2ccc(C(F)(F)F)cc2)c(-c2nnn(CCO)n2)c1.CCc1ccc(Cc2ccc(C(F)(F)F)cc2)c(-c2nnn(CCO)n2)c1. The molecule has 0 amide bonds. The molecular weight excluding hydrogens is 714 g/mol. The maximum Gasteiger partial charge on any atom is 0.416 e. The number of aromatic nitrogens is 8. The summed E-state index contributed by atoms with van der Waals surface area (Å²) in [5.74, 6) is 3.30. The van der Waals surface area contributed by atoms with Gasteiger partial charge in [-0.25, -0.2) is 0 Å². The van der Waals surface area contributed by atoms with Crippen molar-refractivity contribution >= 4 is 0 Å². The monoisotopic (exact) mass is 748 g/mol. The van der Waals surface area contributed by atoms with Crippen molar-refractivity contribution in [2.45, 2.75) is 51.6 Å². The van der Waals surface area contributed by atoms with Crippen molar-refractivity contribution in [1.29, 1.82) is 0 Å². The van der Waals surface area contributed by atoms with Gasteiger partial charge in [-0.05, 0) is 100.0 Å². The second-order valence-corrected chi connectivity index (χ2v) is 12.0. The number of aliphatic hydroxyl groups excluding tert-OH is 2. The molecule has 16 heteroatoms. The van der Waals surface area contributed by atoms with Crippen LogP contribution in [0.3, 0.4) is 0 Å². The van der Waals surface area contributed by atoms with Crippen LogP contribution in [0.25, 0.3) is 22.8 Å². The maximum absolute atomic E-state index is 12.7. The lowest BCUT2D eigenvalue weighted by molar-refractivity contribution is -0.138. The number of halogens is 6. The second kappa shape index (κ2) is 17.3. The number of aryl methyl sites for hydroxylation is 1. The molecule has 2 N–H and O–H groups in total. The van der Waals surface area contributed by atoms with Crippen LogP contribution in [0.4, 0.5) is 26.3 Å². The minimum Gasteiger partial charge on any atom is -0.394 e. The minimum absolute atomic E-state index is 0.0940. The number of aliphatic hydroxyl groups is 2. The fraction of sp³-hybridized carbons (Fsp3) is 0.263. The van der Waals surface area contributed by atoms with Gasteiger partial charge in [-0.1, -0.05) is 55.3 Å². The molecule has 280 valence electrons. The molecule has 0 aliphatic carbocycles. The highest BCUT2D eigenvalue weighted by Crippen LogP contribution is 2.32. The van der Waals surface area contributed by atoms with Gasteiger partial charge in [0.2, 0.25) is 11.6 Å². The molecule has 0 unspecified atom stereocenters. The van der Waals surface area contributed by atoms with E-state index < -0.39 is 23.5 Å². The van der Waals surface area contributed by atoms with Crippen LogP contribution in [0.2, 0.25) is 0 Å². The average Bonchev–Trinajstić information content (AvgIpc) is 3.82. The predicted octanol–water partition coefficient (Wildman–Crippen LogP) is 6.43. The minimum atomic E-state index is -4.37. The summed E-state index contributed by atoms with van der Waals surface area (Å²) < 4.78 is 76.4. The van der Waals surface area contributed by atoms with Gasteiger partial charge in [0.1, 0.15) is 0 Å². The highest BCUT2D eigenvalue weighted by Gasteiger charge is 2.31. The van der Waals surface area contributed by atoms with E-state index in [1.807, 2.05) is 25.1 Å². The highest BCUT2D eigenvalue weighted by molar-refractivity contribution is 5.64. The number of terminal acetylenes is 1. The zero-order chi connectivity index (χ0) is 38.9. The average molecular weight is 749 g/mol. The highest BCUT2D eigenvalue weighted by atomic mass is 19.4. The molecule has 0 bridgehead atoms. The first kappa shape index (κ1) is 39.3. The lowest BCUT2D eigenvalue weighted by Gasteiger charge is -2.11. The van der Waals surface area contributed by atoms with Crippen molar-refractivity contribution in [2.24, 2.45) is 0 Å². The van der Waals surface area contributed by atoms with Crippen LogP contribution in [0.15, 0.2) is 84.9 Å². The van der Waals surface area contributed by atoms with Crippen LogP contribution in [-0.2, 0) is 44.7 Å². The van der Waals surface area contributed by atoms with Gasteiger partial charge in [0, 0.05) is 16.7 Å². The Kier molecular flexibility index (Phi) is 12.6. The summed E-state index contributed by atoms with van der Waals surface area (Å²) in [6.07, 6.45) is -1.59. The molecule has 0 aliphatic rings. The summed E-state index contributed by atoms with van der Waals surface area (Å²) in [7, 11) is 0. The fourth-order valence-corrected chi connectivity index (χ4v) is 5.37. The maximum atomic E-state index is 12.7. The number of hydrogen-bond donors (Lipinski definition) is 2. The number of tetrazole rings is 2. The van der Waals surface area contributed by atoms with E-state index in [0.29, 0.717) is 41.2 Å². The molecule has 0 spiro atoms. The summed E-state index contributed by atoms with van der Waals surface area (Å²) in [6.45, 7) is 2.26. The number of alkyl halides is 6. The lowest BCUT2D eigenvalue weighted by atomic mass is 9.96. The molecule has 0 aliphatic heterocycles. The molecule has 2 aromatic heterocycles. The van der Waals surface area contributed by atoms with Crippen LogP contribution >= 0.6 is 0 Å². The van der Waals surface area contributed by atoms with E-state index in [2.05, 4.69) is 36.7 Å². The molecule has 0 atom stereocenters. The summed E-state index contributed by atoms with van der Waals surface area (Å²) in [5.41, 5.74) is 4.97. The Hall–Kier alpha value is -5.92. The summed E-state index contributed by atoms with van der Waals surface area (Å²) in [4.78, 5) is 2.58. The van der Waals surface area contributed by atoms with Gasteiger partial charge in [0.05, 0.1) is 37.4 Å². The Balaban J connectivity index is 0.000000208. The number of nitrogens with zero attached hydrogens (tertiary/aromatic N) is 8. The van der Waals surface area contributed by atoms with Crippen LogP contribution < -0.4 is 0 Å². The Morgan fingerprint density at radius 3 is 1.44 bits per heavy atom. The molecule has 2 heterocycles. The van der Waals surface area contributed by atoms with E-state index in [9.17, 15) is 26.3 Å². The zero-order valence-electron chi connectivity index (χ0n) is 28.8. The molecule has 54 heavy (non-hydrogen) atoms. The first-order valence-corrected chi connectivity index (χ1v) is 16.6. The molecule has 0 fully saturated rings. The van der Waals surface area contributed by atoms with E-state index in [0.717, 1.165) is 58.5 Å². The van der Waals surface area contributed by atoms with Crippen molar-refractivity contribution in [3.8, 4) is 35.1 Å². The Bertz CT molecular complexity index is 2190. The van der Waals surface area contributed by atoms with E-state index in [-0.39, 0.29) is 26.3 Å². The largest absolute Gasteiger partial charge is 0.416 e. The normalized spacial score (nSPS) is 11.6. The van der Waals surface area contributed by atoms with E-state index >= 15 is 0 Å². The third kappa shape index (κ3) is 10.1. The third-order valence-electron chi connectivity index (χ3n) is 8.20. The standard InChI is InChI=1S/C19H19F3N4O.C19H15F3N4O/c2*1-2-13-3-6-15(11-14-4-7-16(8-5-14)19(20,21)22)17(12-13)18-23-25-26(24-18)9-10-27/h3-8,12,27H,2,9-11H2,1H3;1,3-8,12,27H,9-11H2. The first-order valence-electron chi connectivity index (χ1n) is 16.6. The Morgan fingerprint density at radius 2 is 1.04 bits per heavy atom. The third-order valence-corrected chi connectivity index (χ3v) is 8.20. The van der Waals surface area contributed by atoms with Gasteiger partial charge in [-0.2, -0.15) is 35.9 Å². The van der Waals surface area contributed by atoms with Crippen molar-refractivity contribution in [1.82, 2.24) is 40.4 Å². The fourth-order valence-electron chi connectivity index (χ4n) is 5.37. The molecule has 10 nitrogen and oxygen atoms in total. The van der Waals surface area contributed by atoms with E-state index in [1.54, 1.807) is 18.2 Å². The van der Waals surface area contributed by atoms with Crippen LogP contribution in [0.5, 0.6) is 0 Å². The molecule has 6 rings (SSSR count).